The Bertz CT molecular complexity index is 163. The first-order valence-electron chi connectivity index (χ1n) is 2.67. The molecule has 56 valence electrons. The molecule has 0 fully saturated rings. The van der Waals surface area contributed by atoms with Gasteiger partial charge in [0.05, 0.1) is 0 Å². The molecular formula is C6H6Cl2O2. The van der Waals surface area contributed by atoms with E-state index in [0.29, 0.717) is 6.42 Å². The Morgan fingerprint density at radius 1 is 1.30 bits per heavy atom. The molecule has 0 heterocycles. The van der Waals surface area contributed by atoms with Gasteiger partial charge >= 0.3 is 0 Å². The SMILES string of the molecule is O=C(Cl)C=CCCC(=O)Cl. The predicted octanol–water partition coefficient (Wildman–Crippen LogP) is 1.85. The van der Waals surface area contributed by atoms with E-state index < -0.39 is 10.5 Å². The Hall–Kier alpha value is -0.340. The fourth-order valence-electron chi connectivity index (χ4n) is 0.373. The van der Waals surface area contributed by atoms with E-state index in [0.717, 1.165) is 0 Å². The summed E-state index contributed by atoms with van der Waals surface area (Å²) in [5.41, 5.74) is 0. The van der Waals surface area contributed by atoms with Crippen LogP contribution >= 0.6 is 23.2 Å². The average molecular weight is 181 g/mol. The summed E-state index contributed by atoms with van der Waals surface area (Å²) >= 11 is 9.95. The minimum absolute atomic E-state index is 0.238. The quantitative estimate of drug-likeness (QED) is 0.489. The van der Waals surface area contributed by atoms with Crippen molar-refractivity contribution in [1.29, 1.82) is 0 Å². The molecule has 0 rings (SSSR count). The Morgan fingerprint density at radius 3 is 2.30 bits per heavy atom. The summed E-state index contributed by atoms with van der Waals surface area (Å²) in [6, 6.07) is 0. The van der Waals surface area contributed by atoms with Crippen molar-refractivity contribution >= 4 is 33.7 Å². The molecular weight excluding hydrogens is 175 g/mol. The van der Waals surface area contributed by atoms with Crippen molar-refractivity contribution in [1.82, 2.24) is 0 Å². The second-order valence-corrected chi connectivity index (χ2v) is 2.39. The summed E-state index contributed by atoms with van der Waals surface area (Å²) in [5, 5.41) is -0.950. The lowest BCUT2D eigenvalue weighted by atomic mass is 10.3. The van der Waals surface area contributed by atoms with Gasteiger partial charge in [-0.1, -0.05) is 6.08 Å². The fraction of sp³-hybridized carbons (Fsp3) is 0.333. The van der Waals surface area contributed by atoms with E-state index in [-0.39, 0.29) is 6.42 Å². The van der Waals surface area contributed by atoms with Crippen LogP contribution in [0.2, 0.25) is 0 Å². The Balaban J connectivity index is 3.36. The molecule has 0 amide bonds. The van der Waals surface area contributed by atoms with E-state index in [1.54, 1.807) is 0 Å². The van der Waals surface area contributed by atoms with Gasteiger partial charge in [-0.3, -0.25) is 9.59 Å². The Morgan fingerprint density at radius 2 is 1.90 bits per heavy atom. The maximum Gasteiger partial charge on any atom is 0.244 e. The smallest absolute Gasteiger partial charge is 0.244 e. The molecule has 2 nitrogen and oxygen atoms in total. The van der Waals surface area contributed by atoms with Crippen molar-refractivity contribution in [3.8, 4) is 0 Å². The van der Waals surface area contributed by atoms with Crippen molar-refractivity contribution in [2.24, 2.45) is 0 Å². The van der Waals surface area contributed by atoms with Crippen molar-refractivity contribution in [2.45, 2.75) is 12.8 Å². The normalized spacial score (nSPS) is 10.2. The summed E-state index contributed by atoms with van der Waals surface area (Å²) in [4.78, 5) is 20.2. The van der Waals surface area contributed by atoms with Gasteiger partial charge in [-0.2, -0.15) is 0 Å². The third kappa shape index (κ3) is 7.66. The molecule has 0 saturated carbocycles. The van der Waals surface area contributed by atoms with Crippen molar-refractivity contribution < 1.29 is 9.59 Å². The summed E-state index contributed by atoms with van der Waals surface area (Å²) in [6.07, 6.45) is 3.40. The second kappa shape index (κ2) is 5.45. The highest BCUT2D eigenvalue weighted by Crippen LogP contribution is 1.96. The molecule has 0 N–H and O–H groups in total. The molecule has 0 atom stereocenters. The number of halogens is 2. The van der Waals surface area contributed by atoms with Gasteiger partial charge in [-0.25, -0.2) is 0 Å². The van der Waals surface area contributed by atoms with Crippen molar-refractivity contribution in [3.05, 3.63) is 12.2 Å². The highest BCUT2D eigenvalue weighted by Gasteiger charge is 1.91. The molecule has 0 saturated heterocycles. The number of hydrogen-bond donors (Lipinski definition) is 0. The molecule has 4 heteroatoms. The van der Waals surface area contributed by atoms with Crippen LogP contribution < -0.4 is 0 Å². The first kappa shape index (κ1) is 9.66. The van der Waals surface area contributed by atoms with Gasteiger partial charge in [0.2, 0.25) is 10.5 Å². The molecule has 10 heavy (non-hydrogen) atoms. The lowest BCUT2D eigenvalue weighted by molar-refractivity contribution is -0.111. The third-order valence-electron chi connectivity index (χ3n) is 0.756. The number of carbonyl (C=O) groups excluding carboxylic acids is 2. The summed E-state index contributed by atoms with van der Waals surface area (Å²) < 4.78 is 0. The van der Waals surface area contributed by atoms with Crippen LogP contribution in [0.4, 0.5) is 0 Å². The van der Waals surface area contributed by atoms with Crippen molar-refractivity contribution in [3.63, 3.8) is 0 Å². The molecule has 0 aliphatic heterocycles. The van der Waals surface area contributed by atoms with Gasteiger partial charge in [-0.05, 0) is 35.7 Å². The maximum atomic E-state index is 10.1. The fourth-order valence-corrected chi connectivity index (χ4v) is 0.571. The average Bonchev–Trinajstić information content (AvgIpc) is 1.79. The number of rotatable bonds is 4. The van der Waals surface area contributed by atoms with Crippen LogP contribution in [0.5, 0.6) is 0 Å². The molecule has 0 aliphatic carbocycles. The van der Waals surface area contributed by atoms with Gasteiger partial charge in [-0.15, -0.1) is 0 Å². The zero-order valence-corrected chi connectivity index (χ0v) is 6.65. The number of allylic oxidation sites excluding steroid dienone is 2. The zero-order chi connectivity index (χ0) is 7.98. The standard InChI is InChI=1S/C6H6Cl2O2/c7-5(9)3-1-2-4-6(8)10/h1,3H,2,4H2. The lowest BCUT2D eigenvalue weighted by Gasteiger charge is -1.83. The van der Waals surface area contributed by atoms with Gasteiger partial charge < -0.3 is 0 Å². The molecule has 0 aromatic rings. The minimum atomic E-state index is -0.540. The predicted molar refractivity (Wildman–Crippen MR) is 40.1 cm³/mol. The van der Waals surface area contributed by atoms with E-state index >= 15 is 0 Å². The Labute approximate surface area is 68.8 Å². The molecule has 0 bridgehead atoms. The van der Waals surface area contributed by atoms with E-state index in [4.69, 9.17) is 23.2 Å². The van der Waals surface area contributed by atoms with Crippen LogP contribution in [0.25, 0.3) is 0 Å². The monoisotopic (exact) mass is 180 g/mol. The first-order chi connectivity index (χ1) is 4.63. The van der Waals surface area contributed by atoms with Gasteiger partial charge in [0, 0.05) is 6.42 Å². The lowest BCUT2D eigenvalue weighted by Crippen LogP contribution is -1.83. The highest BCUT2D eigenvalue weighted by atomic mass is 35.5. The van der Waals surface area contributed by atoms with Gasteiger partial charge in [0.15, 0.2) is 0 Å². The van der Waals surface area contributed by atoms with Crippen LogP contribution in [0.15, 0.2) is 12.2 Å². The van der Waals surface area contributed by atoms with Gasteiger partial charge in [0.25, 0.3) is 0 Å². The largest absolute Gasteiger partial charge is 0.281 e. The van der Waals surface area contributed by atoms with Crippen LogP contribution in [-0.2, 0) is 9.59 Å². The number of carbonyl (C=O) groups is 2. The summed E-state index contributed by atoms with van der Waals surface area (Å²) in [7, 11) is 0. The van der Waals surface area contributed by atoms with E-state index in [2.05, 4.69) is 0 Å². The topological polar surface area (TPSA) is 34.1 Å². The molecule has 0 aliphatic rings. The number of hydrogen-bond acceptors (Lipinski definition) is 2. The summed E-state index contributed by atoms with van der Waals surface area (Å²) in [6.45, 7) is 0. The molecule has 0 unspecified atom stereocenters. The van der Waals surface area contributed by atoms with E-state index in [9.17, 15) is 9.59 Å². The zero-order valence-electron chi connectivity index (χ0n) is 5.14. The maximum absolute atomic E-state index is 10.1. The van der Waals surface area contributed by atoms with Crippen LogP contribution in [0.3, 0.4) is 0 Å². The van der Waals surface area contributed by atoms with Crippen LogP contribution in [0.1, 0.15) is 12.8 Å². The van der Waals surface area contributed by atoms with E-state index in [1.165, 1.54) is 12.2 Å². The highest BCUT2D eigenvalue weighted by molar-refractivity contribution is 6.66. The first-order valence-corrected chi connectivity index (χ1v) is 3.43. The Kier molecular flexibility index (Phi) is 5.26. The van der Waals surface area contributed by atoms with Crippen LogP contribution in [-0.4, -0.2) is 10.5 Å². The molecule has 0 spiro atoms. The molecule has 0 aromatic carbocycles. The minimum Gasteiger partial charge on any atom is -0.281 e. The molecule has 0 radical (unpaired) electrons. The van der Waals surface area contributed by atoms with Crippen LogP contribution in [0, 0.1) is 0 Å². The summed E-state index contributed by atoms with van der Waals surface area (Å²) in [5.74, 6) is 0. The third-order valence-corrected chi connectivity index (χ3v) is 1.07. The van der Waals surface area contributed by atoms with E-state index in [1.807, 2.05) is 0 Å². The van der Waals surface area contributed by atoms with Gasteiger partial charge in [0.1, 0.15) is 0 Å². The molecule has 0 aromatic heterocycles. The van der Waals surface area contributed by atoms with Crippen molar-refractivity contribution in [2.75, 3.05) is 0 Å². The second-order valence-electron chi connectivity index (χ2n) is 1.60.